The molecule has 0 N–H and O–H groups in total. The fourth-order valence-corrected chi connectivity index (χ4v) is 1.92. The second-order valence-corrected chi connectivity index (χ2v) is 4.16. The summed E-state index contributed by atoms with van der Waals surface area (Å²) in [5.41, 5.74) is 0.767. The number of hydrogen-bond donors (Lipinski definition) is 0. The zero-order chi connectivity index (χ0) is 12.3. The van der Waals surface area contributed by atoms with Crippen LogP contribution in [0.25, 0.3) is 10.8 Å². The summed E-state index contributed by atoms with van der Waals surface area (Å²) in [6.07, 6.45) is 0. The molecule has 1 atom stereocenters. The lowest BCUT2D eigenvalue weighted by Crippen LogP contribution is -2.10. The Kier molecular flexibility index (Phi) is 3.64. The van der Waals surface area contributed by atoms with Gasteiger partial charge in [0, 0.05) is 0 Å². The van der Waals surface area contributed by atoms with Gasteiger partial charge in [-0.2, -0.15) is 0 Å². The molecule has 0 aromatic heterocycles. The standard InChI is InChI=1S/C14H13ClO2/c1-2-17-14(16)13(15)12-8-7-10-5-3-4-6-11(10)9-12/h3-9,13H,2H2,1H3. The van der Waals surface area contributed by atoms with Crippen LogP contribution >= 0.6 is 11.6 Å². The van der Waals surface area contributed by atoms with Crippen LogP contribution in [0.5, 0.6) is 0 Å². The van der Waals surface area contributed by atoms with Crippen LogP contribution in [0.4, 0.5) is 0 Å². The summed E-state index contributed by atoms with van der Waals surface area (Å²) in [6.45, 7) is 2.11. The van der Waals surface area contributed by atoms with Crippen LogP contribution in [0.2, 0.25) is 0 Å². The largest absolute Gasteiger partial charge is 0.465 e. The van der Waals surface area contributed by atoms with Crippen LogP contribution in [0.3, 0.4) is 0 Å². The van der Waals surface area contributed by atoms with Gasteiger partial charge < -0.3 is 4.74 Å². The van der Waals surface area contributed by atoms with Gasteiger partial charge in [0.05, 0.1) is 6.61 Å². The van der Waals surface area contributed by atoms with Gasteiger partial charge in [-0.1, -0.05) is 36.4 Å². The van der Waals surface area contributed by atoms with Crippen molar-refractivity contribution in [3.05, 3.63) is 48.0 Å². The van der Waals surface area contributed by atoms with Crippen LogP contribution in [-0.2, 0) is 9.53 Å². The molecule has 88 valence electrons. The van der Waals surface area contributed by atoms with E-state index in [0.29, 0.717) is 6.61 Å². The van der Waals surface area contributed by atoms with Crippen LogP contribution < -0.4 is 0 Å². The molecule has 0 saturated heterocycles. The van der Waals surface area contributed by atoms with E-state index in [4.69, 9.17) is 16.3 Å². The van der Waals surface area contributed by atoms with Gasteiger partial charge in [0.2, 0.25) is 0 Å². The first-order chi connectivity index (χ1) is 8.22. The molecule has 0 saturated carbocycles. The first-order valence-corrected chi connectivity index (χ1v) is 5.95. The van der Waals surface area contributed by atoms with Crippen molar-refractivity contribution in [2.45, 2.75) is 12.3 Å². The van der Waals surface area contributed by atoms with Crippen molar-refractivity contribution in [1.82, 2.24) is 0 Å². The summed E-state index contributed by atoms with van der Waals surface area (Å²) in [6, 6.07) is 13.7. The lowest BCUT2D eigenvalue weighted by molar-refractivity contribution is -0.142. The maximum atomic E-state index is 11.5. The van der Waals surface area contributed by atoms with Crippen molar-refractivity contribution < 1.29 is 9.53 Å². The molecule has 0 radical (unpaired) electrons. The van der Waals surface area contributed by atoms with Crippen molar-refractivity contribution >= 4 is 28.3 Å². The third-order valence-electron chi connectivity index (χ3n) is 2.56. The van der Waals surface area contributed by atoms with Crippen LogP contribution in [-0.4, -0.2) is 12.6 Å². The molecule has 0 aliphatic heterocycles. The number of hydrogen-bond acceptors (Lipinski definition) is 2. The highest BCUT2D eigenvalue weighted by Gasteiger charge is 2.18. The van der Waals surface area contributed by atoms with E-state index in [0.717, 1.165) is 16.3 Å². The first-order valence-electron chi connectivity index (χ1n) is 5.51. The fraction of sp³-hybridized carbons (Fsp3) is 0.214. The number of alkyl halides is 1. The lowest BCUT2D eigenvalue weighted by Gasteiger charge is -2.09. The number of carbonyl (C=O) groups is 1. The predicted octanol–water partition coefficient (Wildman–Crippen LogP) is 3.68. The molecule has 0 heterocycles. The zero-order valence-corrected chi connectivity index (χ0v) is 10.3. The summed E-state index contributed by atoms with van der Waals surface area (Å²) in [7, 11) is 0. The smallest absolute Gasteiger partial charge is 0.328 e. The molecule has 2 nitrogen and oxygen atoms in total. The SMILES string of the molecule is CCOC(=O)C(Cl)c1ccc2ccccc2c1. The normalized spacial score (nSPS) is 12.4. The van der Waals surface area contributed by atoms with Gasteiger partial charge in [-0.3, -0.25) is 4.79 Å². The van der Waals surface area contributed by atoms with Gasteiger partial charge in [0.1, 0.15) is 0 Å². The molecule has 1 unspecified atom stereocenters. The summed E-state index contributed by atoms with van der Waals surface area (Å²) in [4.78, 5) is 11.5. The summed E-state index contributed by atoms with van der Waals surface area (Å²) in [5, 5.41) is 1.46. The molecule has 17 heavy (non-hydrogen) atoms. The minimum atomic E-state index is -0.737. The van der Waals surface area contributed by atoms with Crippen LogP contribution in [0.1, 0.15) is 17.9 Å². The number of ether oxygens (including phenoxy) is 1. The quantitative estimate of drug-likeness (QED) is 0.612. The second-order valence-electron chi connectivity index (χ2n) is 3.72. The Morgan fingerprint density at radius 2 is 1.94 bits per heavy atom. The molecule has 0 spiro atoms. The predicted molar refractivity (Wildman–Crippen MR) is 69.2 cm³/mol. The molecular formula is C14H13ClO2. The van der Waals surface area contributed by atoms with Gasteiger partial charge >= 0.3 is 5.97 Å². The Bertz CT molecular complexity index is 536. The number of rotatable bonds is 3. The highest BCUT2D eigenvalue weighted by Crippen LogP contribution is 2.25. The number of esters is 1. The average molecular weight is 249 g/mol. The van der Waals surface area contributed by atoms with Crippen molar-refractivity contribution in [2.24, 2.45) is 0 Å². The highest BCUT2D eigenvalue weighted by atomic mass is 35.5. The molecule has 2 aromatic carbocycles. The maximum Gasteiger partial charge on any atom is 0.328 e. The van der Waals surface area contributed by atoms with Crippen molar-refractivity contribution in [1.29, 1.82) is 0 Å². The van der Waals surface area contributed by atoms with Crippen LogP contribution in [0, 0.1) is 0 Å². The molecule has 0 amide bonds. The minimum Gasteiger partial charge on any atom is -0.465 e. The summed E-state index contributed by atoms with van der Waals surface area (Å²) < 4.78 is 4.90. The van der Waals surface area contributed by atoms with Crippen molar-refractivity contribution in [3.63, 3.8) is 0 Å². The molecule has 0 aliphatic rings. The van der Waals surface area contributed by atoms with Gasteiger partial charge in [-0.05, 0) is 29.3 Å². The number of carbonyl (C=O) groups excluding carboxylic acids is 1. The Morgan fingerprint density at radius 1 is 1.24 bits per heavy atom. The molecule has 0 fully saturated rings. The third-order valence-corrected chi connectivity index (χ3v) is 2.99. The van der Waals surface area contributed by atoms with Crippen molar-refractivity contribution in [2.75, 3.05) is 6.61 Å². The van der Waals surface area contributed by atoms with Gasteiger partial charge in [-0.15, -0.1) is 11.6 Å². The van der Waals surface area contributed by atoms with E-state index in [1.165, 1.54) is 0 Å². The molecular weight excluding hydrogens is 236 g/mol. The first kappa shape index (κ1) is 11.9. The number of fused-ring (bicyclic) bond motifs is 1. The monoisotopic (exact) mass is 248 g/mol. The molecule has 2 aromatic rings. The van der Waals surface area contributed by atoms with Gasteiger partial charge in [-0.25, -0.2) is 0 Å². The van der Waals surface area contributed by atoms with E-state index in [1.807, 2.05) is 42.5 Å². The number of benzene rings is 2. The highest BCUT2D eigenvalue weighted by molar-refractivity contribution is 6.30. The number of halogens is 1. The van der Waals surface area contributed by atoms with Crippen molar-refractivity contribution in [3.8, 4) is 0 Å². The molecule has 0 bridgehead atoms. The van der Waals surface area contributed by atoms with E-state index in [1.54, 1.807) is 6.92 Å². The molecule has 0 aliphatic carbocycles. The third kappa shape index (κ3) is 2.59. The lowest BCUT2D eigenvalue weighted by atomic mass is 10.1. The van der Waals surface area contributed by atoms with E-state index in [-0.39, 0.29) is 0 Å². The Morgan fingerprint density at radius 3 is 2.65 bits per heavy atom. The zero-order valence-electron chi connectivity index (χ0n) is 9.52. The summed E-state index contributed by atoms with van der Waals surface area (Å²) in [5.74, 6) is -0.399. The van der Waals surface area contributed by atoms with Gasteiger partial charge in [0.25, 0.3) is 0 Å². The van der Waals surface area contributed by atoms with Crippen LogP contribution in [0.15, 0.2) is 42.5 Å². The molecule has 2 rings (SSSR count). The maximum absolute atomic E-state index is 11.5. The van der Waals surface area contributed by atoms with E-state index >= 15 is 0 Å². The van der Waals surface area contributed by atoms with Gasteiger partial charge in [0.15, 0.2) is 5.38 Å². The van der Waals surface area contributed by atoms with E-state index in [9.17, 15) is 4.79 Å². The Labute approximate surface area is 105 Å². The summed E-state index contributed by atoms with van der Waals surface area (Å²) >= 11 is 6.06. The van der Waals surface area contributed by atoms with E-state index < -0.39 is 11.3 Å². The Balaban J connectivity index is 2.32. The average Bonchev–Trinajstić information content (AvgIpc) is 2.37. The molecule has 3 heteroatoms. The minimum absolute atomic E-state index is 0.343. The van der Waals surface area contributed by atoms with E-state index in [2.05, 4.69) is 0 Å². The topological polar surface area (TPSA) is 26.3 Å². The fourth-order valence-electron chi connectivity index (χ4n) is 1.72. The second kappa shape index (κ2) is 5.19. The Hall–Kier alpha value is -1.54.